The van der Waals surface area contributed by atoms with Crippen LogP contribution in [0.3, 0.4) is 0 Å². The molecule has 0 aliphatic carbocycles. The maximum Gasteiger partial charge on any atom is 0.292 e. The summed E-state index contributed by atoms with van der Waals surface area (Å²) >= 11 is 0. The van der Waals surface area contributed by atoms with E-state index < -0.39 is 4.92 Å². The van der Waals surface area contributed by atoms with E-state index in [1.54, 1.807) is 6.07 Å². The average Bonchev–Trinajstić information content (AvgIpc) is 2.87. The molecule has 0 saturated heterocycles. The summed E-state index contributed by atoms with van der Waals surface area (Å²) in [6.07, 6.45) is 0.608. The van der Waals surface area contributed by atoms with Crippen LogP contribution < -0.4 is 11.1 Å². The Bertz CT molecular complexity index is 625. The Balaban J connectivity index is 2.28. The van der Waals surface area contributed by atoms with Crippen LogP contribution in [-0.4, -0.2) is 28.2 Å². The number of nitrogens with two attached hydrogens (primary N) is 1. The van der Waals surface area contributed by atoms with Crippen molar-refractivity contribution in [3.05, 3.63) is 34.1 Å². The number of rotatable bonds is 5. The Morgan fingerprint density at radius 1 is 1.55 bits per heavy atom. The van der Waals surface area contributed by atoms with Crippen LogP contribution in [-0.2, 0) is 6.42 Å². The smallest absolute Gasteiger partial charge is 0.292 e. The molecule has 0 fully saturated rings. The van der Waals surface area contributed by atoms with Gasteiger partial charge in [-0.15, -0.1) is 0 Å². The lowest BCUT2D eigenvalue weighted by Crippen LogP contribution is -2.24. The van der Waals surface area contributed by atoms with Crippen molar-refractivity contribution < 1.29 is 9.45 Å². The monoisotopic (exact) mass is 277 g/mol. The number of likely N-dealkylation sites (N-methyl/N-ethyl adjacent to an activating group) is 1. The minimum Gasteiger partial charge on any atom is -0.393 e. The second kappa shape index (κ2) is 5.66. The molecule has 0 saturated carbocycles. The average molecular weight is 277 g/mol. The van der Waals surface area contributed by atoms with Crippen LogP contribution in [0.2, 0.25) is 0 Å². The third-order valence-electron chi connectivity index (χ3n) is 2.92. The molecule has 0 aliphatic heterocycles. The summed E-state index contributed by atoms with van der Waals surface area (Å²) in [5.74, 6) is 0.785. The molecule has 1 aromatic heterocycles. The predicted molar refractivity (Wildman–Crippen MR) is 73.0 cm³/mol. The first-order chi connectivity index (χ1) is 9.51. The molecule has 1 unspecified atom stereocenters. The molecule has 1 atom stereocenters. The quantitative estimate of drug-likeness (QED) is 0.481. The van der Waals surface area contributed by atoms with E-state index in [9.17, 15) is 10.1 Å². The second-order valence-electron chi connectivity index (χ2n) is 4.44. The fraction of sp³-hybridized carbons (Fsp3) is 0.333. The Morgan fingerprint density at radius 2 is 2.30 bits per heavy atom. The van der Waals surface area contributed by atoms with Crippen molar-refractivity contribution in [3.8, 4) is 11.5 Å². The highest BCUT2D eigenvalue weighted by Gasteiger charge is 2.16. The van der Waals surface area contributed by atoms with Gasteiger partial charge in [-0.3, -0.25) is 10.1 Å². The minimum atomic E-state index is -0.542. The van der Waals surface area contributed by atoms with E-state index >= 15 is 0 Å². The fourth-order valence-corrected chi connectivity index (χ4v) is 1.66. The number of anilines is 1. The van der Waals surface area contributed by atoms with E-state index in [2.05, 4.69) is 15.5 Å². The van der Waals surface area contributed by atoms with Crippen molar-refractivity contribution in [2.45, 2.75) is 19.4 Å². The maximum atomic E-state index is 10.8. The summed E-state index contributed by atoms with van der Waals surface area (Å²) in [6, 6.07) is 4.60. The molecule has 3 N–H and O–H groups in total. The lowest BCUT2D eigenvalue weighted by Gasteiger charge is -2.04. The second-order valence-corrected chi connectivity index (χ2v) is 4.44. The summed E-state index contributed by atoms with van der Waals surface area (Å²) < 4.78 is 5.12. The Kier molecular flexibility index (Phi) is 3.94. The Labute approximate surface area is 115 Å². The van der Waals surface area contributed by atoms with Gasteiger partial charge in [-0.2, -0.15) is 4.98 Å². The summed E-state index contributed by atoms with van der Waals surface area (Å²) in [6.45, 7) is 1.99. The van der Waals surface area contributed by atoms with E-state index in [0.717, 1.165) is 0 Å². The van der Waals surface area contributed by atoms with Gasteiger partial charge in [-0.25, -0.2) is 0 Å². The molecule has 2 rings (SSSR count). The van der Waals surface area contributed by atoms with Crippen molar-refractivity contribution in [1.29, 1.82) is 0 Å². The molecule has 2 aromatic rings. The van der Waals surface area contributed by atoms with Crippen molar-refractivity contribution in [2.24, 2.45) is 0 Å². The van der Waals surface area contributed by atoms with E-state index in [1.165, 1.54) is 12.1 Å². The lowest BCUT2D eigenvalue weighted by molar-refractivity contribution is -0.383. The number of nitrogens with one attached hydrogen (secondary N) is 1. The van der Waals surface area contributed by atoms with Crippen LogP contribution >= 0.6 is 0 Å². The van der Waals surface area contributed by atoms with E-state index in [1.807, 2.05) is 14.0 Å². The molecular weight excluding hydrogens is 262 g/mol. The molecule has 0 spiro atoms. The summed E-state index contributed by atoms with van der Waals surface area (Å²) in [4.78, 5) is 14.5. The van der Waals surface area contributed by atoms with E-state index in [-0.39, 0.29) is 23.3 Å². The van der Waals surface area contributed by atoms with Gasteiger partial charge in [0.2, 0.25) is 0 Å². The van der Waals surface area contributed by atoms with Gasteiger partial charge in [0.25, 0.3) is 11.6 Å². The number of nitro groups is 1. The molecule has 0 aliphatic rings. The first-order valence-corrected chi connectivity index (χ1v) is 6.05. The minimum absolute atomic E-state index is 0.0993. The van der Waals surface area contributed by atoms with Gasteiger partial charge >= 0.3 is 0 Å². The largest absolute Gasteiger partial charge is 0.393 e. The molecular formula is C12H15N5O3. The number of aromatic nitrogens is 2. The summed E-state index contributed by atoms with van der Waals surface area (Å²) in [5, 5.41) is 17.8. The molecule has 1 aromatic carbocycles. The van der Waals surface area contributed by atoms with E-state index in [4.69, 9.17) is 10.3 Å². The topological polar surface area (TPSA) is 120 Å². The standard InChI is InChI=1S/C12H15N5O3/c1-7(14-2)5-11-15-12(20-16-11)8-3-4-9(13)10(6-8)17(18)19/h3-4,6-7,14H,5,13H2,1-2H3. The van der Waals surface area contributed by atoms with Crippen LogP contribution in [0.1, 0.15) is 12.7 Å². The first kappa shape index (κ1) is 13.9. The van der Waals surface area contributed by atoms with E-state index in [0.29, 0.717) is 17.8 Å². The van der Waals surface area contributed by atoms with Gasteiger partial charge in [0.15, 0.2) is 5.82 Å². The van der Waals surface area contributed by atoms with Crippen LogP contribution in [0.15, 0.2) is 22.7 Å². The molecule has 106 valence electrons. The molecule has 0 radical (unpaired) electrons. The Hall–Kier alpha value is -2.48. The van der Waals surface area contributed by atoms with Gasteiger partial charge in [0.1, 0.15) is 5.69 Å². The first-order valence-electron chi connectivity index (χ1n) is 6.05. The van der Waals surface area contributed by atoms with Crippen molar-refractivity contribution >= 4 is 11.4 Å². The predicted octanol–water partition coefficient (Wildman–Crippen LogP) is 1.38. The highest BCUT2D eigenvalue weighted by atomic mass is 16.6. The van der Waals surface area contributed by atoms with Crippen LogP contribution in [0.4, 0.5) is 11.4 Å². The van der Waals surface area contributed by atoms with Crippen LogP contribution in [0.25, 0.3) is 11.5 Å². The molecule has 1 heterocycles. The highest BCUT2D eigenvalue weighted by molar-refractivity contribution is 5.67. The van der Waals surface area contributed by atoms with Gasteiger partial charge in [-0.1, -0.05) is 5.16 Å². The van der Waals surface area contributed by atoms with Gasteiger partial charge in [0.05, 0.1) is 4.92 Å². The third kappa shape index (κ3) is 2.91. The van der Waals surface area contributed by atoms with Crippen LogP contribution in [0, 0.1) is 10.1 Å². The van der Waals surface area contributed by atoms with Gasteiger partial charge < -0.3 is 15.6 Å². The number of benzene rings is 1. The van der Waals surface area contributed by atoms with Crippen molar-refractivity contribution in [1.82, 2.24) is 15.5 Å². The van der Waals surface area contributed by atoms with Crippen LogP contribution in [0.5, 0.6) is 0 Å². The normalized spacial score (nSPS) is 12.3. The number of hydrogen-bond donors (Lipinski definition) is 2. The Morgan fingerprint density at radius 3 is 2.95 bits per heavy atom. The lowest BCUT2D eigenvalue weighted by atomic mass is 10.1. The number of nitro benzene ring substituents is 1. The third-order valence-corrected chi connectivity index (χ3v) is 2.92. The number of nitrogen functional groups attached to an aromatic ring is 1. The van der Waals surface area contributed by atoms with Crippen molar-refractivity contribution in [2.75, 3.05) is 12.8 Å². The SMILES string of the molecule is CNC(C)Cc1noc(-c2ccc(N)c([N+](=O)[O-])c2)n1. The van der Waals surface area contributed by atoms with Gasteiger partial charge in [-0.05, 0) is 26.1 Å². The summed E-state index contributed by atoms with van der Waals surface area (Å²) in [7, 11) is 1.84. The molecule has 8 heteroatoms. The maximum absolute atomic E-state index is 10.8. The van der Waals surface area contributed by atoms with Crippen molar-refractivity contribution in [3.63, 3.8) is 0 Å². The molecule has 0 bridgehead atoms. The summed E-state index contributed by atoms with van der Waals surface area (Å²) in [5.41, 5.74) is 5.94. The zero-order valence-electron chi connectivity index (χ0n) is 11.2. The zero-order valence-corrected chi connectivity index (χ0v) is 11.2. The number of nitrogens with zero attached hydrogens (tertiary/aromatic N) is 3. The molecule has 0 amide bonds. The highest BCUT2D eigenvalue weighted by Crippen LogP contribution is 2.27. The molecule has 8 nitrogen and oxygen atoms in total. The fourth-order valence-electron chi connectivity index (χ4n) is 1.66. The number of hydrogen-bond acceptors (Lipinski definition) is 7. The zero-order chi connectivity index (χ0) is 14.7. The van der Waals surface area contributed by atoms with Gasteiger partial charge in [0, 0.05) is 24.1 Å². The molecule has 20 heavy (non-hydrogen) atoms.